The predicted octanol–water partition coefficient (Wildman–Crippen LogP) is 5.72. The van der Waals surface area contributed by atoms with Crippen molar-refractivity contribution < 1.29 is 17.6 Å². The Hall–Kier alpha value is -4.01. The normalized spacial score (nSPS) is 11.5. The highest BCUT2D eigenvalue weighted by Gasteiger charge is 2.35. The third-order valence-electron chi connectivity index (χ3n) is 5.10. The van der Waals surface area contributed by atoms with Crippen molar-refractivity contribution in [3.8, 4) is 34.3 Å². The van der Waals surface area contributed by atoms with E-state index in [1.165, 1.54) is 18.2 Å². The Morgan fingerprint density at radius 2 is 1.64 bits per heavy atom. The number of alkyl halides is 3. The molecule has 0 atom stereocenters. The number of hydrogen-bond acceptors (Lipinski definition) is 6. The van der Waals surface area contributed by atoms with Gasteiger partial charge in [-0.05, 0) is 24.6 Å². The average Bonchev–Trinajstić information content (AvgIpc) is 3.28. The number of hydrogen-bond donors (Lipinski definition) is 0. The van der Waals surface area contributed by atoms with Gasteiger partial charge in [0.05, 0.1) is 28.7 Å². The van der Waals surface area contributed by atoms with Gasteiger partial charge in [-0.15, -0.1) is 10.2 Å². The highest BCUT2D eigenvalue weighted by atomic mass is 19.4. The van der Waals surface area contributed by atoms with E-state index in [0.717, 1.165) is 22.9 Å². The Bertz CT molecular complexity index is 1310. The molecule has 2 heterocycles. The van der Waals surface area contributed by atoms with Gasteiger partial charge in [-0.2, -0.15) is 13.2 Å². The second kappa shape index (κ2) is 8.50. The van der Waals surface area contributed by atoms with E-state index in [-0.39, 0.29) is 17.3 Å². The summed E-state index contributed by atoms with van der Waals surface area (Å²) in [6.07, 6.45) is -2.93. The number of aryl methyl sites for hydroxylation is 1. The first kappa shape index (κ1) is 22.2. The molecule has 6 nitrogen and oxygen atoms in total. The fourth-order valence-electron chi connectivity index (χ4n) is 3.23. The first-order chi connectivity index (χ1) is 15.6. The van der Waals surface area contributed by atoms with Gasteiger partial charge in [-0.25, -0.2) is 4.98 Å². The van der Waals surface area contributed by atoms with Crippen molar-refractivity contribution in [1.29, 1.82) is 0 Å². The van der Waals surface area contributed by atoms with Crippen molar-refractivity contribution in [2.24, 2.45) is 0 Å². The van der Waals surface area contributed by atoms with E-state index in [2.05, 4.69) is 26.7 Å². The number of halogens is 3. The van der Waals surface area contributed by atoms with Crippen molar-refractivity contribution in [3.05, 3.63) is 78.1 Å². The Balaban J connectivity index is 1.70. The molecule has 4 aromatic rings. The lowest BCUT2D eigenvalue weighted by atomic mass is 10.1. The summed E-state index contributed by atoms with van der Waals surface area (Å²) in [5.41, 5.74) is 2.98. The summed E-state index contributed by atoms with van der Waals surface area (Å²) in [6.45, 7) is 5.75. The summed E-state index contributed by atoms with van der Waals surface area (Å²) in [6, 6.07) is 12.7. The minimum Gasteiger partial charge on any atom is -0.415 e. The maximum atomic E-state index is 13.4. The van der Waals surface area contributed by atoms with Crippen LogP contribution in [0.5, 0.6) is 0 Å². The highest BCUT2D eigenvalue weighted by Crippen LogP contribution is 2.37. The summed E-state index contributed by atoms with van der Waals surface area (Å²) >= 11 is 0. The fourth-order valence-corrected chi connectivity index (χ4v) is 3.23. The zero-order valence-corrected chi connectivity index (χ0v) is 18.2. The molecule has 0 aliphatic rings. The molecule has 0 bridgehead atoms. The van der Waals surface area contributed by atoms with Crippen LogP contribution in [-0.2, 0) is 6.18 Å². The second-order valence-corrected chi connectivity index (χ2v) is 7.56. The SMILES string of the molecule is C=C(c1ccc(-c2cnc(C)c(-c3nnc(-c4ccccc4C(F)(F)F)o3)n2)cc1)N(C)C. The lowest BCUT2D eigenvalue weighted by Crippen LogP contribution is -2.08. The largest absolute Gasteiger partial charge is 0.417 e. The molecule has 0 amide bonds. The van der Waals surface area contributed by atoms with Crippen LogP contribution >= 0.6 is 0 Å². The molecule has 0 spiro atoms. The minimum atomic E-state index is -4.55. The standard InChI is InChI=1S/C24H20F3N5O/c1-14-21(23-31-30-22(33-23)18-7-5-6-8-19(18)24(25,26)27)29-20(13-28-14)17-11-9-16(10-12-17)15(2)32(3)4/h5-13H,2H2,1,3-4H3. The van der Waals surface area contributed by atoms with Gasteiger partial charge in [0.2, 0.25) is 5.89 Å². The Labute approximate surface area is 188 Å². The van der Waals surface area contributed by atoms with E-state index in [1.807, 2.05) is 43.3 Å². The van der Waals surface area contributed by atoms with Crippen LogP contribution in [0.4, 0.5) is 13.2 Å². The number of rotatable bonds is 5. The molecule has 2 aromatic heterocycles. The maximum absolute atomic E-state index is 13.4. The zero-order valence-electron chi connectivity index (χ0n) is 18.2. The lowest BCUT2D eigenvalue weighted by molar-refractivity contribution is -0.137. The topological polar surface area (TPSA) is 67.9 Å². The molecule has 4 rings (SSSR count). The van der Waals surface area contributed by atoms with Gasteiger partial charge in [0.15, 0.2) is 0 Å². The van der Waals surface area contributed by atoms with Gasteiger partial charge in [0, 0.05) is 25.4 Å². The third kappa shape index (κ3) is 4.48. The summed E-state index contributed by atoms with van der Waals surface area (Å²) < 4.78 is 45.7. The van der Waals surface area contributed by atoms with Gasteiger partial charge in [0.25, 0.3) is 5.89 Å². The molecule has 0 N–H and O–H groups in total. The molecule has 0 radical (unpaired) electrons. The summed E-state index contributed by atoms with van der Waals surface area (Å²) in [7, 11) is 3.83. The van der Waals surface area contributed by atoms with Crippen LogP contribution in [-0.4, -0.2) is 39.2 Å². The zero-order chi connectivity index (χ0) is 23.8. The van der Waals surface area contributed by atoms with Crippen LogP contribution < -0.4 is 0 Å². The summed E-state index contributed by atoms with van der Waals surface area (Å²) in [4.78, 5) is 10.9. The number of aromatic nitrogens is 4. The molecule has 0 aliphatic heterocycles. The molecule has 0 saturated heterocycles. The smallest absolute Gasteiger partial charge is 0.415 e. The van der Waals surface area contributed by atoms with Crippen molar-refractivity contribution in [2.45, 2.75) is 13.1 Å². The fraction of sp³-hybridized carbons (Fsp3) is 0.167. The Morgan fingerprint density at radius 1 is 0.970 bits per heavy atom. The highest BCUT2D eigenvalue weighted by molar-refractivity contribution is 5.68. The van der Waals surface area contributed by atoms with E-state index >= 15 is 0 Å². The number of nitrogens with zero attached hydrogens (tertiary/aromatic N) is 5. The van der Waals surface area contributed by atoms with E-state index in [1.54, 1.807) is 13.1 Å². The lowest BCUT2D eigenvalue weighted by Gasteiger charge is -2.16. The Kier molecular flexibility index (Phi) is 5.71. The van der Waals surface area contributed by atoms with Gasteiger partial charge >= 0.3 is 6.18 Å². The van der Waals surface area contributed by atoms with Crippen LogP contribution in [0.15, 0.2) is 65.7 Å². The van der Waals surface area contributed by atoms with Gasteiger partial charge < -0.3 is 9.32 Å². The second-order valence-electron chi connectivity index (χ2n) is 7.56. The monoisotopic (exact) mass is 451 g/mol. The third-order valence-corrected chi connectivity index (χ3v) is 5.10. The molecular weight excluding hydrogens is 431 g/mol. The van der Waals surface area contributed by atoms with Gasteiger partial charge in [0.1, 0.15) is 5.69 Å². The molecule has 0 aliphatic carbocycles. The molecule has 0 unspecified atom stereocenters. The first-order valence-electron chi connectivity index (χ1n) is 9.96. The van der Waals surface area contributed by atoms with E-state index in [0.29, 0.717) is 17.1 Å². The molecular formula is C24H20F3N5O. The van der Waals surface area contributed by atoms with Crippen molar-refractivity contribution in [2.75, 3.05) is 14.1 Å². The Morgan fingerprint density at radius 3 is 2.30 bits per heavy atom. The van der Waals surface area contributed by atoms with Crippen molar-refractivity contribution in [1.82, 2.24) is 25.1 Å². The quantitative estimate of drug-likeness (QED) is 0.387. The predicted molar refractivity (Wildman–Crippen MR) is 119 cm³/mol. The van der Waals surface area contributed by atoms with Crippen LogP contribution in [0, 0.1) is 6.92 Å². The van der Waals surface area contributed by atoms with Crippen LogP contribution in [0.3, 0.4) is 0 Å². The van der Waals surface area contributed by atoms with Crippen LogP contribution in [0.25, 0.3) is 40.0 Å². The van der Waals surface area contributed by atoms with Gasteiger partial charge in [-0.3, -0.25) is 4.98 Å². The van der Waals surface area contributed by atoms with Crippen molar-refractivity contribution in [3.63, 3.8) is 0 Å². The minimum absolute atomic E-state index is 0.00793. The summed E-state index contributed by atoms with van der Waals surface area (Å²) in [5.74, 6) is -0.248. The van der Waals surface area contributed by atoms with E-state index in [9.17, 15) is 13.2 Å². The van der Waals surface area contributed by atoms with E-state index < -0.39 is 11.7 Å². The molecule has 9 heteroatoms. The molecule has 0 saturated carbocycles. The molecule has 33 heavy (non-hydrogen) atoms. The first-order valence-corrected chi connectivity index (χ1v) is 9.96. The van der Waals surface area contributed by atoms with Crippen LogP contribution in [0.2, 0.25) is 0 Å². The molecule has 0 fully saturated rings. The van der Waals surface area contributed by atoms with Crippen molar-refractivity contribution >= 4 is 5.70 Å². The summed E-state index contributed by atoms with van der Waals surface area (Å²) in [5, 5.41) is 7.76. The number of benzene rings is 2. The van der Waals surface area contributed by atoms with Gasteiger partial charge in [-0.1, -0.05) is 43.0 Å². The maximum Gasteiger partial charge on any atom is 0.417 e. The van der Waals surface area contributed by atoms with E-state index in [4.69, 9.17) is 4.42 Å². The molecule has 2 aromatic carbocycles. The molecule has 168 valence electrons. The average molecular weight is 451 g/mol. The van der Waals surface area contributed by atoms with Crippen LogP contribution in [0.1, 0.15) is 16.8 Å².